The molecule has 21 heavy (non-hydrogen) atoms. The van der Waals surface area contributed by atoms with Gasteiger partial charge in [0, 0.05) is 23.0 Å². The Hall–Kier alpha value is -1.84. The van der Waals surface area contributed by atoms with Gasteiger partial charge in [-0.3, -0.25) is 0 Å². The molecule has 4 heteroatoms. The number of nitrogens with one attached hydrogen (secondary N) is 1. The van der Waals surface area contributed by atoms with Crippen LogP contribution in [0.3, 0.4) is 0 Å². The summed E-state index contributed by atoms with van der Waals surface area (Å²) >= 11 is 6.15. The lowest BCUT2D eigenvalue weighted by atomic mass is 10.1. The number of nitrogens with zero attached hydrogens (tertiary/aromatic N) is 2. The van der Waals surface area contributed by atoms with E-state index in [-0.39, 0.29) is 0 Å². The average Bonchev–Trinajstić information content (AvgIpc) is 2.89. The molecule has 0 aliphatic heterocycles. The van der Waals surface area contributed by atoms with Crippen LogP contribution in [-0.2, 0) is 6.54 Å². The molecule has 3 nitrogen and oxygen atoms in total. The van der Waals surface area contributed by atoms with Crippen molar-refractivity contribution >= 4 is 22.5 Å². The molecule has 3 aromatic rings. The van der Waals surface area contributed by atoms with Gasteiger partial charge >= 0.3 is 0 Å². The smallest absolute Gasteiger partial charge is 0.0741 e. The largest absolute Gasteiger partial charge is 0.310 e. The Morgan fingerprint density at radius 3 is 2.81 bits per heavy atom. The van der Waals surface area contributed by atoms with E-state index in [4.69, 9.17) is 11.6 Å². The van der Waals surface area contributed by atoms with Gasteiger partial charge in [-0.25, -0.2) is 4.68 Å². The molecule has 3 rings (SSSR count). The van der Waals surface area contributed by atoms with Crippen LogP contribution in [0.25, 0.3) is 16.6 Å². The first kappa shape index (κ1) is 14.1. The van der Waals surface area contributed by atoms with Crippen molar-refractivity contribution in [1.82, 2.24) is 15.1 Å². The van der Waals surface area contributed by atoms with Crippen molar-refractivity contribution < 1.29 is 0 Å². The van der Waals surface area contributed by atoms with Gasteiger partial charge in [0.15, 0.2) is 0 Å². The molecular weight excluding hydrogens is 282 g/mol. The molecule has 108 valence electrons. The number of hydrogen-bond donors (Lipinski definition) is 1. The van der Waals surface area contributed by atoms with E-state index in [0.29, 0.717) is 6.04 Å². The Morgan fingerprint density at radius 1 is 1.19 bits per heavy atom. The second-order valence-electron chi connectivity index (χ2n) is 5.42. The SMILES string of the molecule is CC(C)NCc1cc(Cl)ccc1-n1ncc2ccccc21. The number of benzene rings is 2. The summed E-state index contributed by atoms with van der Waals surface area (Å²) in [5.74, 6) is 0. The third-order valence-electron chi connectivity index (χ3n) is 3.45. The third-order valence-corrected chi connectivity index (χ3v) is 3.68. The van der Waals surface area contributed by atoms with E-state index < -0.39 is 0 Å². The number of hydrogen-bond acceptors (Lipinski definition) is 2. The summed E-state index contributed by atoms with van der Waals surface area (Å²) in [6.07, 6.45) is 1.89. The van der Waals surface area contributed by atoms with Gasteiger partial charge in [-0.15, -0.1) is 0 Å². The monoisotopic (exact) mass is 299 g/mol. The maximum absolute atomic E-state index is 6.15. The Morgan fingerprint density at radius 2 is 2.00 bits per heavy atom. The molecule has 1 aromatic heterocycles. The Bertz CT molecular complexity index is 762. The van der Waals surface area contributed by atoms with Crippen LogP contribution >= 0.6 is 11.6 Å². The Kier molecular flexibility index (Phi) is 3.95. The summed E-state index contributed by atoms with van der Waals surface area (Å²) in [5, 5.41) is 9.85. The van der Waals surface area contributed by atoms with Crippen molar-refractivity contribution in [2.24, 2.45) is 0 Å². The molecule has 0 radical (unpaired) electrons. The Labute approximate surface area is 129 Å². The molecule has 0 spiro atoms. The summed E-state index contributed by atoms with van der Waals surface area (Å²) in [6, 6.07) is 14.6. The van der Waals surface area contributed by atoms with E-state index in [9.17, 15) is 0 Å². The van der Waals surface area contributed by atoms with Gasteiger partial charge in [-0.2, -0.15) is 5.10 Å². The summed E-state index contributed by atoms with van der Waals surface area (Å²) in [7, 11) is 0. The maximum Gasteiger partial charge on any atom is 0.0741 e. The van der Waals surface area contributed by atoms with Crippen LogP contribution in [0.15, 0.2) is 48.7 Å². The number of fused-ring (bicyclic) bond motifs is 1. The molecule has 0 bridgehead atoms. The highest BCUT2D eigenvalue weighted by molar-refractivity contribution is 6.30. The maximum atomic E-state index is 6.15. The first-order valence-corrected chi connectivity index (χ1v) is 7.48. The lowest BCUT2D eigenvalue weighted by molar-refractivity contribution is 0.587. The highest BCUT2D eigenvalue weighted by Gasteiger charge is 2.10. The van der Waals surface area contributed by atoms with Crippen LogP contribution in [0.4, 0.5) is 0 Å². The number of aromatic nitrogens is 2. The topological polar surface area (TPSA) is 29.9 Å². The standard InChI is InChI=1S/C17H18ClN3/c1-12(2)19-10-14-9-15(18)7-8-17(14)21-16-6-4-3-5-13(16)11-20-21/h3-9,11-12,19H,10H2,1-2H3. The fourth-order valence-corrected chi connectivity index (χ4v) is 2.57. The molecule has 0 fully saturated rings. The van der Waals surface area contributed by atoms with Crippen LogP contribution in [0.1, 0.15) is 19.4 Å². The highest BCUT2D eigenvalue weighted by Crippen LogP contribution is 2.23. The van der Waals surface area contributed by atoms with Gasteiger partial charge in [0.25, 0.3) is 0 Å². The minimum absolute atomic E-state index is 0.422. The molecule has 0 aliphatic rings. The first-order chi connectivity index (χ1) is 10.1. The average molecular weight is 300 g/mol. The fourth-order valence-electron chi connectivity index (χ4n) is 2.38. The minimum Gasteiger partial charge on any atom is -0.310 e. The molecule has 0 aliphatic carbocycles. The summed E-state index contributed by atoms with van der Waals surface area (Å²) in [4.78, 5) is 0. The predicted molar refractivity (Wildman–Crippen MR) is 88.1 cm³/mol. The van der Waals surface area contributed by atoms with E-state index in [1.54, 1.807) is 0 Å². The van der Waals surface area contributed by atoms with Crippen LogP contribution < -0.4 is 5.32 Å². The fraction of sp³-hybridized carbons (Fsp3) is 0.235. The van der Waals surface area contributed by atoms with Crippen LogP contribution in [0, 0.1) is 0 Å². The molecule has 0 amide bonds. The second kappa shape index (κ2) is 5.88. The second-order valence-corrected chi connectivity index (χ2v) is 5.86. The van der Waals surface area contributed by atoms with Crippen molar-refractivity contribution in [3.05, 3.63) is 59.2 Å². The van der Waals surface area contributed by atoms with Gasteiger partial charge in [0.2, 0.25) is 0 Å². The lowest BCUT2D eigenvalue weighted by Crippen LogP contribution is -2.22. The molecular formula is C17H18ClN3. The Balaban J connectivity index is 2.09. The summed E-state index contributed by atoms with van der Waals surface area (Å²) < 4.78 is 1.98. The number of para-hydroxylation sites is 1. The van der Waals surface area contributed by atoms with E-state index in [0.717, 1.165) is 33.7 Å². The van der Waals surface area contributed by atoms with Crippen LogP contribution in [0.5, 0.6) is 0 Å². The zero-order chi connectivity index (χ0) is 14.8. The van der Waals surface area contributed by atoms with Crippen molar-refractivity contribution in [1.29, 1.82) is 0 Å². The summed E-state index contributed by atoms with van der Waals surface area (Å²) in [5.41, 5.74) is 3.31. The summed E-state index contributed by atoms with van der Waals surface area (Å²) in [6.45, 7) is 5.03. The van der Waals surface area contributed by atoms with Gasteiger partial charge < -0.3 is 5.32 Å². The van der Waals surface area contributed by atoms with E-state index >= 15 is 0 Å². The third kappa shape index (κ3) is 2.94. The van der Waals surface area contributed by atoms with Crippen molar-refractivity contribution in [2.45, 2.75) is 26.4 Å². The van der Waals surface area contributed by atoms with Crippen LogP contribution in [0.2, 0.25) is 5.02 Å². The lowest BCUT2D eigenvalue weighted by Gasteiger charge is -2.14. The minimum atomic E-state index is 0.422. The van der Waals surface area contributed by atoms with E-state index in [2.05, 4.69) is 36.4 Å². The van der Waals surface area contributed by atoms with Gasteiger partial charge in [-0.1, -0.05) is 43.6 Å². The van der Waals surface area contributed by atoms with E-state index in [1.165, 1.54) is 0 Å². The molecule has 0 saturated heterocycles. The van der Waals surface area contributed by atoms with Gasteiger partial charge in [-0.05, 0) is 29.8 Å². The molecule has 0 unspecified atom stereocenters. The zero-order valence-corrected chi connectivity index (χ0v) is 12.9. The quantitative estimate of drug-likeness (QED) is 0.783. The van der Waals surface area contributed by atoms with Crippen molar-refractivity contribution in [2.75, 3.05) is 0 Å². The predicted octanol–water partition coefficient (Wildman–Crippen LogP) is 4.18. The molecule has 0 saturated carbocycles. The number of halogens is 1. The molecule has 1 heterocycles. The van der Waals surface area contributed by atoms with Crippen molar-refractivity contribution in [3.63, 3.8) is 0 Å². The molecule has 0 atom stereocenters. The van der Waals surface area contributed by atoms with Gasteiger partial charge in [0.05, 0.1) is 17.4 Å². The zero-order valence-electron chi connectivity index (χ0n) is 12.2. The first-order valence-electron chi connectivity index (χ1n) is 7.10. The van der Waals surface area contributed by atoms with Crippen molar-refractivity contribution in [3.8, 4) is 5.69 Å². The number of rotatable bonds is 4. The highest BCUT2D eigenvalue weighted by atomic mass is 35.5. The van der Waals surface area contributed by atoms with E-state index in [1.807, 2.05) is 41.2 Å². The van der Waals surface area contributed by atoms with Gasteiger partial charge in [0.1, 0.15) is 0 Å². The van der Waals surface area contributed by atoms with Crippen LogP contribution in [-0.4, -0.2) is 15.8 Å². The molecule has 1 N–H and O–H groups in total. The normalized spacial score (nSPS) is 11.4. The molecule has 2 aromatic carbocycles.